The Morgan fingerprint density at radius 1 is 0.593 bits per heavy atom. The summed E-state index contributed by atoms with van der Waals surface area (Å²) in [6, 6.07) is 4.53. The Hall–Kier alpha value is -5.70. The van der Waals surface area contributed by atoms with E-state index in [1.54, 1.807) is 19.1 Å². The number of allylic oxidation sites excluding steroid dienone is 1. The molecule has 1 aromatic rings. The predicted molar refractivity (Wildman–Crippen MR) is 349 cm³/mol. The summed E-state index contributed by atoms with van der Waals surface area (Å²) in [7, 11) is -3.85. The molecule has 0 aliphatic heterocycles. The molecule has 0 aliphatic rings. The van der Waals surface area contributed by atoms with Crippen LogP contribution in [0.5, 0.6) is 5.75 Å². The molecule has 520 valence electrons. The second-order valence-electron chi connectivity index (χ2n) is 24.3. The van der Waals surface area contributed by atoms with E-state index in [0.29, 0.717) is 82.1 Å². The van der Waals surface area contributed by atoms with Crippen molar-refractivity contribution >= 4 is 62.8 Å². The number of nitrogens with one attached hydrogen (secondary N) is 4. The van der Waals surface area contributed by atoms with Crippen LogP contribution in [-0.2, 0) is 73.8 Å². The topological polar surface area (TPSA) is 406 Å². The number of amidine groups is 1. The average Bonchev–Trinajstić information content (AvgIpc) is 1.45. The van der Waals surface area contributed by atoms with Crippen molar-refractivity contribution in [1.82, 2.24) is 16.0 Å². The van der Waals surface area contributed by atoms with Gasteiger partial charge in [-0.3, -0.25) is 43.5 Å². The second-order valence-corrected chi connectivity index (χ2v) is 25.9. The molecule has 1 rings (SSSR count). The summed E-state index contributed by atoms with van der Waals surface area (Å²) in [6.07, 6.45) is 17.6. The third kappa shape index (κ3) is 44.5. The van der Waals surface area contributed by atoms with Crippen LogP contribution in [0.15, 0.2) is 36.5 Å². The zero-order chi connectivity index (χ0) is 67.8. The smallest absolute Gasteiger partial charge is 0.326 e. The van der Waals surface area contributed by atoms with Crippen LogP contribution >= 0.6 is 0 Å². The lowest BCUT2D eigenvalue weighted by Crippen LogP contribution is -2.40. The van der Waals surface area contributed by atoms with Crippen LogP contribution in [0.3, 0.4) is 0 Å². The van der Waals surface area contributed by atoms with Gasteiger partial charge in [-0.05, 0) is 87.8 Å². The number of ketones is 4. The van der Waals surface area contributed by atoms with Crippen LogP contribution in [0.25, 0.3) is 0 Å². The minimum Gasteiger partial charge on any atom is -0.508 e. The van der Waals surface area contributed by atoms with Crippen LogP contribution in [-0.4, -0.2) is 160 Å². The zero-order valence-electron chi connectivity index (χ0n) is 54.8. The van der Waals surface area contributed by atoms with Gasteiger partial charge in [-0.1, -0.05) is 123 Å². The first kappa shape index (κ1) is 83.3. The molecule has 0 bridgehead atoms. The number of phenolic OH excluding ortho intramolecular Hbond substituents is 1. The molecule has 1 unspecified atom stereocenters. The molecule has 0 spiro atoms. The third-order valence-corrected chi connectivity index (χ3v) is 16.8. The fourth-order valence-corrected chi connectivity index (χ4v) is 11.0. The number of Topliss-reactive ketones (excluding diaryl/α,β-unsaturated/α-hetero) is 4. The van der Waals surface area contributed by atoms with Crippen molar-refractivity contribution in [2.45, 2.75) is 213 Å². The first-order valence-corrected chi connectivity index (χ1v) is 34.6. The summed E-state index contributed by atoms with van der Waals surface area (Å²) >= 11 is 0. The van der Waals surface area contributed by atoms with E-state index in [4.69, 9.17) is 46.1 Å². The Bertz CT molecular complexity index is 2410. The van der Waals surface area contributed by atoms with Crippen molar-refractivity contribution in [3.05, 3.63) is 42.1 Å². The Kier molecular flexibility index (Phi) is 46.5. The number of rotatable bonds is 62. The van der Waals surface area contributed by atoms with E-state index in [9.17, 15) is 57.0 Å². The van der Waals surface area contributed by atoms with Crippen molar-refractivity contribution < 1.29 is 80.5 Å². The van der Waals surface area contributed by atoms with Gasteiger partial charge in [0.15, 0.2) is 11.6 Å². The molecule has 0 radical (unpaired) electrons. The number of unbranched alkanes of at least 4 members (excludes halogenated alkanes) is 14. The minimum atomic E-state index is -3.85. The number of aliphatic carboxylic acids is 1. The maximum Gasteiger partial charge on any atom is 0.326 e. The monoisotopic (exact) mass is 1310 g/mol. The standard InChI is InChI=1S/C66H113N7O17S/c1-48(2)63(69)59(77)44-52(64(80)50(4)56(26-17-18-27-60(67)68)58(76)45-53(65(70)81)43-51-28-30-54(74)31-29-51)24-19-20-34-71-62(79)47-90-41-38-87-36-22-25-55(75)46-89-40-39-88-37-35-72-61(78)33-32-57(66(82)83)73-49(3)23-16-14-12-10-8-6-5-7-9-11-13-15-21-42-91(84,85)86/h28-31,48,50,52-53,56-57,63,73-74H,3,5-27,32-47,69H2,1-2,4H3,(H3,67,68)(H2,70,81)(H,71,79)(H,72,78)(H,82,83)(H,84,85,86)/t50?,52-,53-,56-,57+,63+/m1/s1. The molecule has 0 saturated heterocycles. The number of phenols is 1. The maximum atomic E-state index is 14.4. The number of primary amides is 1. The van der Waals surface area contributed by atoms with Crippen LogP contribution < -0.4 is 33.2 Å². The van der Waals surface area contributed by atoms with Crippen molar-refractivity contribution in [2.24, 2.45) is 46.8 Å². The van der Waals surface area contributed by atoms with Crippen molar-refractivity contribution in [3.63, 3.8) is 0 Å². The van der Waals surface area contributed by atoms with Crippen molar-refractivity contribution in [1.29, 1.82) is 5.41 Å². The molecule has 0 fully saturated rings. The van der Waals surface area contributed by atoms with E-state index in [1.807, 2.05) is 13.8 Å². The van der Waals surface area contributed by atoms with Gasteiger partial charge in [0.05, 0.1) is 50.7 Å². The van der Waals surface area contributed by atoms with Gasteiger partial charge in [0.25, 0.3) is 10.1 Å². The third-order valence-electron chi connectivity index (χ3n) is 16.0. The van der Waals surface area contributed by atoms with E-state index >= 15 is 0 Å². The van der Waals surface area contributed by atoms with Crippen LogP contribution in [0.4, 0.5) is 0 Å². The molecule has 0 aliphatic carbocycles. The summed E-state index contributed by atoms with van der Waals surface area (Å²) < 4.78 is 52.2. The normalized spacial score (nSPS) is 13.6. The number of carboxylic acid groups (broad SMARTS) is 1. The van der Waals surface area contributed by atoms with E-state index in [0.717, 1.165) is 51.4 Å². The number of aromatic hydroxyl groups is 1. The number of hydrogen-bond donors (Lipinski definition) is 10. The van der Waals surface area contributed by atoms with E-state index in [1.165, 1.54) is 37.8 Å². The molecular weight excluding hydrogens is 1190 g/mol. The Balaban J connectivity index is 2.29. The predicted octanol–water partition coefficient (Wildman–Crippen LogP) is 7.38. The number of ether oxygens (including phenoxy) is 4. The molecule has 24 nitrogen and oxygen atoms in total. The van der Waals surface area contributed by atoms with E-state index < -0.39 is 57.7 Å². The van der Waals surface area contributed by atoms with Gasteiger partial charge in [-0.15, -0.1) is 0 Å². The summed E-state index contributed by atoms with van der Waals surface area (Å²) in [5, 5.41) is 35.5. The van der Waals surface area contributed by atoms with E-state index in [-0.39, 0.29) is 156 Å². The molecule has 13 N–H and O–H groups in total. The summed E-state index contributed by atoms with van der Waals surface area (Å²) in [5.41, 5.74) is 18.9. The zero-order valence-corrected chi connectivity index (χ0v) is 55.6. The van der Waals surface area contributed by atoms with Crippen LogP contribution in [0.2, 0.25) is 0 Å². The molecular formula is C66H113N7O17S. The van der Waals surface area contributed by atoms with Gasteiger partial charge in [0.1, 0.15) is 36.6 Å². The fraction of sp³-hybridized carbons (Fsp3) is 0.742. The number of hydrogen-bond acceptors (Lipinski definition) is 18. The number of carboxylic acids is 1. The fourth-order valence-electron chi connectivity index (χ4n) is 10.4. The minimum absolute atomic E-state index is 0.00488. The van der Waals surface area contributed by atoms with Gasteiger partial charge in [0, 0.05) is 81.2 Å². The number of carbonyl (C=O) groups excluding carboxylic acids is 7. The summed E-state index contributed by atoms with van der Waals surface area (Å²) in [4.78, 5) is 103. The highest BCUT2D eigenvalue weighted by Gasteiger charge is 2.36. The van der Waals surface area contributed by atoms with Crippen molar-refractivity contribution in [2.75, 3.05) is 71.7 Å². The lowest BCUT2D eigenvalue weighted by Gasteiger charge is -2.28. The molecule has 1 aromatic carbocycles. The molecule has 25 heteroatoms. The number of carbonyl (C=O) groups is 8. The SMILES string of the molecule is C=C(CCCCCCCCCCCCCCCS(=O)(=O)O)N[C@@H](CCC(=O)NCCOCCOCC(=O)CCCOCCOCC(=O)NCCCC[C@H](CC(=O)[C@@H](N)C(C)C)C(=O)C(C)[C@@H](CCCCC(=N)N)C(=O)C[C@@H](Cc1ccc(O)cc1)C(N)=O)C(=O)O. The Morgan fingerprint density at radius 3 is 1.71 bits per heavy atom. The van der Waals surface area contributed by atoms with Crippen LogP contribution in [0, 0.1) is 35.0 Å². The second kappa shape index (κ2) is 50.8. The van der Waals surface area contributed by atoms with Gasteiger partial charge in [0.2, 0.25) is 17.7 Å². The first-order chi connectivity index (χ1) is 43.3. The molecule has 6 atom stereocenters. The van der Waals surface area contributed by atoms with Crippen LogP contribution in [0.1, 0.15) is 200 Å². The average molecular weight is 1310 g/mol. The molecule has 0 heterocycles. The maximum absolute atomic E-state index is 14.4. The Labute approximate surface area is 541 Å². The Morgan fingerprint density at radius 2 is 1.13 bits per heavy atom. The van der Waals surface area contributed by atoms with Crippen molar-refractivity contribution in [3.8, 4) is 5.75 Å². The van der Waals surface area contributed by atoms with Gasteiger partial charge in [-0.25, -0.2) is 4.79 Å². The highest BCUT2D eigenvalue weighted by Crippen LogP contribution is 2.31. The summed E-state index contributed by atoms with van der Waals surface area (Å²) in [6.45, 7) is 10.8. The first-order valence-electron chi connectivity index (χ1n) is 33.0. The highest BCUT2D eigenvalue weighted by atomic mass is 32.2. The molecule has 0 aromatic heterocycles. The highest BCUT2D eigenvalue weighted by molar-refractivity contribution is 7.85. The van der Waals surface area contributed by atoms with E-state index in [2.05, 4.69) is 22.5 Å². The van der Waals surface area contributed by atoms with Gasteiger partial charge < -0.3 is 62.3 Å². The molecule has 0 saturated carbocycles. The lowest BCUT2D eigenvalue weighted by molar-refractivity contribution is -0.139. The number of nitrogens with two attached hydrogens (primary N) is 3. The van der Waals surface area contributed by atoms with Gasteiger partial charge >= 0.3 is 5.97 Å². The molecule has 91 heavy (non-hydrogen) atoms. The lowest BCUT2D eigenvalue weighted by atomic mass is 9.74. The largest absolute Gasteiger partial charge is 0.508 e. The summed E-state index contributed by atoms with van der Waals surface area (Å²) in [5.74, 6) is -6.82. The van der Waals surface area contributed by atoms with Gasteiger partial charge in [-0.2, -0.15) is 8.42 Å². The molecule has 3 amide bonds. The quantitative estimate of drug-likeness (QED) is 0.0132. The number of amides is 3. The number of benzene rings is 1.